The average molecular weight is 369 g/mol. The summed E-state index contributed by atoms with van der Waals surface area (Å²) in [6.45, 7) is 13.2. The fourth-order valence-electron chi connectivity index (χ4n) is 3.34. The van der Waals surface area contributed by atoms with Crippen LogP contribution in [0.15, 0.2) is 18.2 Å². The normalized spacial score (nSPS) is 13.4. The maximum atomic E-state index is 11.9. The lowest BCUT2D eigenvalue weighted by atomic mass is 9.72. The van der Waals surface area contributed by atoms with Crippen LogP contribution in [0.1, 0.15) is 72.8 Å². The van der Waals surface area contributed by atoms with Gasteiger partial charge in [0.05, 0.1) is 12.1 Å². The molecule has 0 aliphatic rings. The molecular formula is C21H33ClO3. The van der Waals surface area contributed by atoms with Gasteiger partial charge in [0.2, 0.25) is 0 Å². The zero-order valence-electron chi connectivity index (χ0n) is 16.7. The van der Waals surface area contributed by atoms with Gasteiger partial charge in [0.15, 0.2) is 6.10 Å². The number of rotatable bonds is 8. The Bertz CT molecular complexity index is 573. The average Bonchev–Trinajstić information content (AvgIpc) is 2.49. The van der Waals surface area contributed by atoms with Crippen LogP contribution in [-0.4, -0.2) is 19.2 Å². The van der Waals surface area contributed by atoms with E-state index in [0.29, 0.717) is 17.2 Å². The predicted molar refractivity (Wildman–Crippen MR) is 105 cm³/mol. The van der Waals surface area contributed by atoms with Gasteiger partial charge in [-0.15, -0.1) is 0 Å². The summed E-state index contributed by atoms with van der Waals surface area (Å²) in [5.74, 6) is 0.171. The minimum absolute atomic E-state index is 0.00435. The molecule has 3 nitrogen and oxygen atoms in total. The van der Waals surface area contributed by atoms with Gasteiger partial charge in [-0.2, -0.15) is 0 Å². The molecule has 0 radical (unpaired) electrons. The molecule has 0 bridgehead atoms. The number of hydrogen-bond donors (Lipinski definition) is 0. The van der Waals surface area contributed by atoms with E-state index in [2.05, 4.69) is 41.5 Å². The minimum Gasteiger partial charge on any atom is -0.477 e. The number of halogens is 1. The molecule has 1 aromatic carbocycles. The first-order chi connectivity index (χ1) is 11.5. The molecule has 0 saturated carbocycles. The standard InChI is InChI=1S/C21H33ClO3/c1-8-9-10-18(19(23)24-7)25-17-12-11-15(13-16(17)22)21(5,6)14-20(2,3)4/h11-13,18H,8-10,14H2,1-7H3. The molecule has 0 saturated heterocycles. The predicted octanol–water partition coefficient (Wildman–Crippen LogP) is 6.16. The first-order valence-electron chi connectivity index (χ1n) is 9.04. The summed E-state index contributed by atoms with van der Waals surface area (Å²) in [6.07, 6.45) is 2.93. The first-order valence-corrected chi connectivity index (χ1v) is 9.42. The second-order valence-corrected chi connectivity index (χ2v) is 8.95. The lowest BCUT2D eigenvalue weighted by molar-refractivity contribution is -0.149. The monoisotopic (exact) mass is 368 g/mol. The van der Waals surface area contributed by atoms with E-state index >= 15 is 0 Å². The van der Waals surface area contributed by atoms with Crippen LogP contribution in [0.2, 0.25) is 5.02 Å². The minimum atomic E-state index is -0.615. The molecule has 0 spiro atoms. The molecule has 1 unspecified atom stereocenters. The van der Waals surface area contributed by atoms with E-state index in [9.17, 15) is 4.79 Å². The number of hydrogen-bond acceptors (Lipinski definition) is 3. The van der Waals surface area contributed by atoms with E-state index in [1.165, 1.54) is 12.7 Å². The van der Waals surface area contributed by atoms with Crippen molar-refractivity contribution in [3.8, 4) is 5.75 Å². The number of benzene rings is 1. The van der Waals surface area contributed by atoms with Crippen molar-refractivity contribution in [1.82, 2.24) is 0 Å². The van der Waals surface area contributed by atoms with Gasteiger partial charge >= 0.3 is 5.97 Å². The highest BCUT2D eigenvalue weighted by Gasteiger charge is 2.28. The number of carbonyl (C=O) groups is 1. The Hall–Kier alpha value is -1.22. The molecule has 0 fully saturated rings. The second-order valence-electron chi connectivity index (χ2n) is 8.54. The number of unbranched alkanes of at least 4 members (excludes halogenated alkanes) is 1. The van der Waals surface area contributed by atoms with Gasteiger partial charge < -0.3 is 9.47 Å². The largest absolute Gasteiger partial charge is 0.477 e. The summed E-state index contributed by atoms with van der Waals surface area (Å²) in [7, 11) is 1.38. The fraction of sp³-hybridized carbons (Fsp3) is 0.667. The second kappa shape index (κ2) is 8.93. The Kier molecular flexibility index (Phi) is 7.80. The molecule has 0 aliphatic heterocycles. The number of esters is 1. The van der Waals surface area contributed by atoms with Crippen molar-refractivity contribution in [2.45, 2.75) is 78.7 Å². The molecular weight excluding hydrogens is 336 g/mol. The van der Waals surface area contributed by atoms with Crippen molar-refractivity contribution in [3.05, 3.63) is 28.8 Å². The Morgan fingerprint density at radius 3 is 2.32 bits per heavy atom. The number of methoxy groups -OCH3 is 1. The van der Waals surface area contributed by atoms with Crippen molar-refractivity contribution in [2.75, 3.05) is 7.11 Å². The third-order valence-electron chi connectivity index (χ3n) is 4.24. The van der Waals surface area contributed by atoms with Crippen LogP contribution in [-0.2, 0) is 14.9 Å². The van der Waals surface area contributed by atoms with Crippen molar-refractivity contribution >= 4 is 17.6 Å². The van der Waals surface area contributed by atoms with E-state index in [-0.39, 0.29) is 16.8 Å². The molecule has 1 atom stereocenters. The van der Waals surface area contributed by atoms with Crippen LogP contribution in [0.5, 0.6) is 5.75 Å². The molecule has 1 rings (SSSR count). The van der Waals surface area contributed by atoms with Crippen molar-refractivity contribution in [3.63, 3.8) is 0 Å². The molecule has 0 heterocycles. The van der Waals surface area contributed by atoms with Crippen LogP contribution in [0, 0.1) is 5.41 Å². The highest BCUT2D eigenvalue weighted by molar-refractivity contribution is 6.32. The van der Waals surface area contributed by atoms with E-state index in [1.54, 1.807) is 0 Å². The summed E-state index contributed by atoms with van der Waals surface area (Å²) in [5.41, 5.74) is 1.40. The number of carbonyl (C=O) groups excluding carboxylic acids is 1. The molecule has 0 aromatic heterocycles. The van der Waals surface area contributed by atoms with Gasteiger partial charge in [-0.05, 0) is 47.8 Å². The van der Waals surface area contributed by atoms with E-state index in [0.717, 1.165) is 19.3 Å². The van der Waals surface area contributed by atoms with Crippen molar-refractivity contribution in [2.24, 2.45) is 5.41 Å². The summed E-state index contributed by atoms with van der Waals surface area (Å²) in [6, 6.07) is 5.86. The zero-order valence-corrected chi connectivity index (χ0v) is 17.5. The van der Waals surface area contributed by atoms with Crippen LogP contribution in [0.4, 0.5) is 0 Å². The maximum absolute atomic E-state index is 11.9. The van der Waals surface area contributed by atoms with Crippen molar-refractivity contribution < 1.29 is 14.3 Å². The van der Waals surface area contributed by atoms with Gasteiger partial charge in [-0.3, -0.25) is 0 Å². The molecule has 142 valence electrons. The highest BCUT2D eigenvalue weighted by atomic mass is 35.5. The Morgan fingerprint density at radius 1 is 1.20 bits per heavy atom. The fourth-order valence-corrected chi connectivity index (χ4v) is 3.57. The van der Waals surface area contributed by atoms with Crippen LogP contribution >= 0.6 is 11.6 Å². The van der Waals surface area contributed by atoms with Gasteiger partial charge in [-0.1, -0.05) is 65.6 Å². The van der Waals surface area contributed by atoms with Gasteiger partial charge in [0, 0.05) is 0 Å². The molecule has 0 amide bonds. The highest BCUT2D eigenvalue weighted by Crippen LogP contribution is 2.39. The lowest BCUT2D eigenvalue weighted by Gasteiger charge is -2.33. The molecule has 25 heavy (non-hydrogen) atoms. The molecule has 1 aromatic rings. The zero-order chi connectivity index (χ0) is 19.3. The van der Waals surface area contributed by atoms with E-state index in [4.69, 9.17) is 21.1 Å². The summed E-state index contributed by atoms with van der Waals surface area (Å²) in [5, 5.41) is 0.532. The SMILES string of the molecule is CCCCC(Oc1ccc(C(C)(C)CC(C)(C)C)cc1Cl)C(=O)OC. The van der Waals surface area contributed by atoms with Crippen LogP contribution < -0.4 is 4.74 Å². The first kappa shape index (κ1) is 21.8. The van der Waals surface area contributed by atoms with Crippen LogP contribution in [0.25, 0.3) is 0 Å². The molecule has 4 heteroatoms. The summed E-state index contributed by atoms with van der Waals surface area (Å²) in [4.78, 5) is 11.9. The van der Waals surface area contributed by atoms with Gasteiger partial charge in [0.25, 0.3) is 0 Å². The van der Waals surface area contributed by atoms with Gasteiger partial charge in [-0.25, -0.2) is 4.79 Å². The number of ether oxygens (including phenoxy) is 2. The van der Waals surface area contributed by atoms with Gasteiger partial charge in [0.1, 0.15) is 5.75 Å². The lowest BCUT2D eigenvalue weighted by Crippen LogP contribution is -2.29. The summed E-state index contributed by atoms with van der Waals surface area (Å²) < 4.78 is 10.7. The quantitative estimate of drug-likeness (QED) is 0.515. The topological polar surface area (TPSA) is 35.5 Å². The van der Waals surface area contributed by atoms with Crippen LogP contribution in [0.3, 0.4) is 0 Å². The Morgan fingerprint density at radius 2 is 1.84 bits per heavy atom. The smallest absolute Gasteiger partial charge is 0.347 e. The van der Waals surface area contributed by atoms with Crippen molar-refractivity contribution in [1.29, 1.82) is 0 Å². The third-order valence-corrected chi connectivity index (χ3v) is 4.53. The Balaban J connectivity index is 2.99. The van der Waals surface area contributed by atoms with E-state index < -0.39 is 6.10 Å². The summed E-state index contributed by atoms with van der Waals surface area (Å²) >= 11 is 6.46. The van der Waals surface area contributed by atoms with E-state index in [1.807, 2.05) is 18.2 Å². The third kappa shape index (κ3) is 6.89. The molecule has 0 aliphatic carbocycles. The molecule has 0 N–H and O–H groups in total. The Labute approximate surface area is 158 Å². The maximum Gasteiger partial charge on any atom is 0.347 e.